The van der Waals surface area contributed by atoms with Crippen LogP contribution < -0.4 is 10.1 Å². The molecular weight excluding hydrogens is 342 g/mol. The number of carbonyl (C=O) groups is 1. The standard InChI is InChI=1S/C17H20ClN5O2/c1-11-14(18)15-20-21-16(23(15)22-11)17(2,3)10-19-13(24)9-25-12-7-5-4-6-8-12/h4-8,20H,9-10H2,1-3H3,(H,19,24). The Hall–Kier alpha value is -2.54. The first-order valence-corrected chi connectivity index (χ1v) is 8.30. The monoisotopic (exact) mass is 361 g/mol. The maximum absolute atomic E-state index is 12.0. The van der Waals surface area contributed by atoms with Gasteiger partial charge in [0.15, 0.2) is 18.1 Å². The van der Waals surface area contributed by atoms with Gasteiger partial charge in [-0.1, -0.05) is 43.6 Å². The minimum Gasteiger partial charge on any atom is -0.484 e. The van der Waals surface area contributed by atoms with Gasteiger partial charge in [0.05, 0.1) is 5.69 Å². The Labute approximate surface area is 150 Å². The molecule has 2 N–H and O–H groups in total. The average Bonchev–Trinajstić information content (AvgIpc) is 3.13. The maximum atomic E-state index is 12.0. The smallest absolute Gasteiger partial charge is 0.257 e. The molecule has 2 heterocycles. The van der Waals surface area contributed by atoms with Gasteiger partial charge in [0, 0.05) is 12.0 Å². The van der Waals surface area contributed by atoms with Gasteiger partial charge in [-0.25, -0.2) is 0 Å². The predicted octanol–water partition coefficient (Wildman–Crippen LogP) is 2.49. The highest BCUT2D eigenvalue weighted by molar-refractivity contribution is 6.34. The zero-order valence-corrected chi connectivity index (χ0v) is 15.1. The molecule has 0 fully saturated rings. The predicted molar refractivity (Wildman–Crippen MR) is 95.1 cm³/mol. The summed E-state index contributed by atoms with van der Waals surface area (Å²) in [4.78, 5) is 12.0. The van der Waals surface area contributed by atoms with Gasteiger partial charge in [-0.3, -0.25) is 9.89 Å². The zero-order valence-electron chi connectivity index (χ0n) is 14.3. The second-order valence-electron chi connectivity index (χ2n) is 6.47. The van der Waals surface area contributed by atoms with E-state index in [1.165, 1.54) is 0 Å². The Balaban J connectivity index is 1.62. The van der Waals surface area contributed by atoms with Gasteiger partial charge in [-0.05, 0) is 19.1 Å². The lowest BCUT2D eigenvalue weighted by molar-refractivity contribution is -0.123. The molecule has 3 aromatic rings. The minimum atomic E-state index is -0.442. The molecule has 25 heavy (non-hydrogen) atoms. The highest BCUT2D eigenvalue weighted by Gasteiger charge is 2.29. The number of para-hydroxylation sites is 1. The normalized spacial score (nSPS) is 11.7. The number of hydrogen-bond acceptors (Lipinski definition) is 4. The van der Waals surface area contributed by atoms with Gasteiger partial charge in [0.2, 0.25) is 0 Å². The number of ether oxygens (including phenoxy) is 1. The molecule has 0 aliphatic heterocycles. The van der Waals surface area contributed by atoms with Crippen LogP contribution >= 0.6 is 11.6 Å². The summed E-state index contributed by atoms with van der Waals surface area (Å²) in [6, 6.07) is 9.22. The van der Waals surface area contributed by atoms with Crippen LogP contribution in [0.15, 0.2) is 30.3 Å². The van der Waals surface area contributed by atoms with Gasteiger partial charge in [-0.15, -0.1) is 0 Å². The molecule has 1 aromatic carbocycles. The van der Waals surface area contributed by atoms with Crippen LogP contribution in [0, 0.1) is 6.92 Å². The molecule has 0 radical (unpaired) electrons. The van der Waals surface area contributed by atoms with Crippen molar-refractivity contribution in [3.8, 4) is 5.75 Å². The van der Waals surface area contributed by atoms with E-state index in [9.17, 15) is 4.79 Å². The van der Waals surface area contributed by atoms with Crippen molar-refractivity contribution in [2.75, 3.05) is 13.2 Å². The first-order chi connectivity index (χ1) is 11.9. The van der Waals surface area contributed by atoms with Crippen LogP contribution in [-0.4, -0.2) is 38.9 Å². The summed E-state index contributed by atoms with van der Waals surface area (Å²) >= 11 is 6.19. The Morgan fingerprint density at radius 1 is 1.36 bits per heavy atom. The molecule has 1 amide bonds. The zero-order chi connectivity index (χ0) is 18.0. The number of H-pyrrole nitrogens is 1. The van der Waals surface area contributed by atoms with Gasteiger partial charge in [0.25, 0.3) is 5.91 Å². The molecule has 2 aromatic heterocycles. The number of amides is 1. The Bertz CT molecular complexity index is 885. The molecule has 7 nitrogen and oxygen atoms in total. The summed E-state index contributed by atoms with van der Waals surface area (Å²) in [7, 11) is 0. The second kappa shape index (κ2) is 6.76. The maximum Gasteiger partial charge on any atom is 0.257 e. The van der Waals surface area contributed by atoms with E-state index in [2.05, 4.69) is 20.6 Å². The molecule has 0 aliphatic rings. The van der Waals surface area contributed by atoms with Gasteiger partial charge in [0.1, 0.15) is 10.8 Å². The molecule has 132 valence electrons. The van der Waals surface area contributed by atoms with E-state index in [-0.39, 0.29) is 12.5 Å². The van der Waals surface area contributed by atoms with Crippen molar-refractivity contribution in [2.45, 2.75) is 26.2 Å². The minimum absolute atomic E-state index is 0.0389. The fraction of sp³-hybridized carbons (Fsp3) is 0.353. The van der Waals surface area contributed by atoms with Crippen LogP contribution in [0.4, 0.5) is 0 Å². The SMILES string of the molecule is Cc1nn2c(C(C)(C)CNC(=O)COc3ccccc3)n[nH]c2c1Cl. The highest BCUT2D eigenvalue weighted by Crippen LogP contribution is 2.26. The number of benzene rings is 1. The third-order valence-corrected chi connectivity index (χ3v) is 4.35. The fourth-order valence-corrected chi connectivity index (χ4v) is 2.62. The third kappa shape index (κ3) is 3.61. The first-order valence-electron chi connectivity index (χ1n) is 7.93. The van der Waals surface area contributed by atoms with Crippen LogP contribution in [0.1, 0.15) is 25.4 Å². The van der Waals surface area contributed by atoms with E-state index in [4.69, 9.17) is 16.3 Å². The summed E-state index contributed by atoms with van der Waals surface area (Å²) < 4.78 is 7.13. The summed E-state index contributed by atoms with van der Waals surface area (Å²) in [6.07, 6.45) is 0. The molecule has 0 aliphatic carbocycles. The number of fused-ring (bicyclic) bond motifs is 1. The van der Waals surface area contributed by atoms with Crippen molar-refractivity contribution < 1.29 is 9.53 Å². The number of carbonyl (C=O) groups excluding carboxylic acids is 1. The molecule has 0 spiro atoms. The largest absolute Gasteiger partial charge is 0.484 e. The molecule has 0 saturated carbocycles. The molecule has 3 rings (SSSR count). The lowest BCUT2D eigenvalue weighted by atomic mass is 9.92. The van der Waals surface area contributed by atoms with Gasteiger partial charge >= 0.3 is 0 Å². The van der Waals surface area contributed by atoms with Crippen LogP contribution in [0.3, 0.4) is 0 Å². The topological polar surface area (TPSA) is 84.3 Å². The van der Waals surface area contributed by atoms with Gasteiger partial charge < -0.3 is 10.1 Å². The lowest BCUT2D eigenvalue weighted by Gasteiger charge is -2.22. The van der Waals surface area contributed by atoms with E-state index >= 15 is 0 Å². The summed E-state index contributed by atoms with van der Waals surface area (Å²) in [5, 5.41) is 15.0. The Kier molecular flexibility index (Phi) is 4.67. The first kappa shape index (κ1) is 17.3. The van der Waals surface area contributed by atoms with Crippen molar-refractivity contribution in [1.29, 1.82) is 0 Å². The Morgan fingerprint density at radius 3 is 2.80 bits per heavy atom. The van der Waals surface area contributed by atoms with E-state index in [0.29, 0.717) is 28.8 Å². The summed E-state index contributed by atoms with van der Waals surface area (Å²) in [6.45, 7) is 6.14. The van der Waals surface area contributed by atoms with E-state index < -0.39 is 5.41 Å². The van der Waals surface area contributed by atoms with Crippen LogP contribution in [-0.2, 0) is 10.2 Å². The van der Waals surface area contributed by atoms with E-state index in [1.807, 2.05) is 51.1 Å². The number of hydrogen-bond donors (Lipinski definition) is 2. The average molecular weight is 362 g/mol. The number of nitrogens with zero attached hydrogens (tertiary/aromatic N) is 3. The number of rotatable bonds is 6. The number of halogens is 1. The van der Waals surface area contributed by atoms with Crippen LogP contribution in [0.2, 0.25) is 5.02 Å². The lowest BCUT2D eigenvalue weighted by Crippen LogP contribution is -2.40. The van der Waals surface area contributed by atoms with Crippen molar-refractivity contribution >= 4 is 23.2 Å². The number of aromatic amines is 1. The van der Waals surface area contributed by atoms with Crippen LogP contribution in [0.5, 0.6) is 5.75 Å². The van der Waals surface area contributed by atoms with Crippen molar-refractivity contribution in [3.63, 3.8) is 0 Å². The van der Waals surface area contributed by atoms with E-state index in [0.717, 1.165) is 5.69 Å². The number of aromatic nitrogens is 4. The van der Waals surface area contributed by atoms with Crippen molar-refractivity contribution in [1.82, 2.24) is 25.1 Å². The van der Waals surface area contributed by atoms with Crippen LogP contribution in [0.25, 0.3) is 5.65 Å². The van der Waals surface area contributed by atoms with Gasteiger partial charge in [-0.2, -0.15) is 14.7 Å². The molecule has 0 bridgehead atoms. The Morgan fingerprint density at radius 2 is 2.08 bits per heavy atom. The molecule has 0 unspecified atom stereocenters. The van der Waals surface area contributed by atoms with E-state index in [1.54, 1.807) is 4.52 Å². The second-order valence-corrected chi connectivity index (χ2v) is 6.85. The van der Waals surface area contributed by atoms with Crippen molar-refractivity contribution in [3.05, 3.63) is 46.9 Å². The molecular formula is C17H20ClN5O2. The quantitative estimate of drug-likeness (QED) is 0.706. The highest BCUT2D eigenvalue weighted by atomic mass is 35.5. The summed E-state index contributed by atoms with van der Waals surface area (Å²) in [5.74, 6) is 1.16. The molecule has 8 heteroatoms. The summed E-state index contributed by atoms with van der Waals surface area (Å²) in [5.41, 5.74) is 0.941. The third-order valence-electron chi connectivity index (χ3n) is 3.90. The van der Waals surface area contributed by atoms with Crippen molar-refractivity contribution in [2.24, 2.45) is 0 Å². The number of nitrogens with one attached hydrogen (secondary N) is 2. The number of aryl methyl sites for hydroxylation is 1. The molecule has 0 atom stereocenters. The fourth-order valence-electron chi connectivity index (χ4n) is 2.46. The molecule has 0 saturated heterocycles.